The van der Waals surface area contributed by atoms with Crippen molar-refractivity contribution in [2.45, 2.75) is 50.3 Å². The van der Waals surface area contributed by atoms with Crippen molar-refractivity contribution >= 4 is 22.8 Å². The van der Waals surface area contributed by atoms with E-state index >= 15 is 0 Å². The molecule has 0 saturated heterocycles. The molecule has 0 aliphatic carbocycles. The maximum atomic E-state index is 13.7. The zero-order valence-corrected chi connectivity index (χ0v) is 19.3. The molecule has 0 atom stereocenters. The van der Waals surface area contributed by atoms with E-state index in [0.29, 0.717) is 29.2 Å². The molecule has 32 heavy (non-hydrogen) atoms. The fourth-order valence-corrected chi connectivity index (χ4v) is 4.88. The molecule has 1 aliphatic heterocycles. The van der Waals surface area contributed by atoms with E-state index < -0.39 is 0 Å². The van der Waals surface area contributed by atoms with Gasteiger partial charge < -0.3 is 4.74 Å². The summed E-state index contributed by atoms with van der Waals surface area (Å²) >= 11 is 1.55. The lowest BCUT2D eigenvalue weighted by atomic mass is 9.95. The van der Waals surface area contributed by atoms with Gasteiger partial charge in [0, 0.05) is 17.7 Å². The smallest absolute Gasteiger partial charge is 0.268 e. The molecular formula is C26H25N3O2S. The van der Waals surface area contributed by atoms with Crippen LogP contribution in [0.15, 0.2) is 70.6 Å². The van der Waals surface area contributed by atoms with Crippen LogP contribution in [-0.4, -0.2) is 20.1 Å². The van der Waals surface area contributed by atoms with Gasteiger partial charge in [-0.3, -0.25) is 9.36 Å². The van der Waals surface area contributed by atoms with E-state index in [-0.39, 0.29) is 11.2 Å². The Morgan fingerprint density at radius 1 is 1.06 bits per heavy atom. The maximum absolute atomic E-state index is 13.7. The lowest BCUT2D eigenvalue weighted by Gasteiger charge is -2.31. The van der Waals surface area contributed by atoms with Gasteiger partial charge in [-0.25, -0.2) is 9.97 Å². The minimum absolute atomic E-state index is 0.102. The van der Waals surface area contributed by atoms with Crippen LogP contribution in [0.2, 0.25) is 0 Å². The van der Waals surface area contributed by atoms with Crippen molar-refractivity contribution < 1.29 is 4.74 Å². The Labute approximate surface area is 191 Å². The van der Waals surface area contributed by atoms with Crippen molar-refractivity contribution in [2.24, 2.45) is 0 Å². The summed E-state index contributed by atoms with van der Waals surface area (Å²) in [7, 11) is 0. The van der Waals surface area contributed by atoms with E-state index in [1.165, 1.54) is 5.56 Å². The molecule has 0 spiro atoms. The van der Waals surface area contributed by atoms with Crippen molar-refractivity contribution in [2.75, 3.05) is 0 Å². The molecule has 0 saturated carbocycles. The summed E-state index contributed by atoms with van der Waals surface area (Å²) in [4.78, 5) is 23.4. The van der Waals surface area contributed by atoms with Gasteiger partial charge in [0.2, 0.25) is 0 Å². The summed E-state index contributed by atoms with van der Waals surface area (Å²) in [6.07, 6.45) is 0.702. The van der Waals surface area contributed by atoms with Crippen LogP contribution >= 0.6 is 11.8 Å². The maximum Gasteiger partial charge on any atom is 0.268 e. The van der Waals surface area contributed by atoms with Gasteiger partial charge >= 0.3 is 0 Å². The van der Waals surface area contributed by atoms with Crippen molar-refractivity contribution in [3.63, 3.8) is 0 Å². The first-order valence-electron chi connectivity index (χ1n) is 10.7. The number of nitrogens with zero attached hydrogens (tertiary/aromatic N) is 3. The molecule has 0 N–H and O–H groups in total. The van der Waals surface area contributed by atoms with Crippen molar-refractivity contribution in [1.29, 1.82) is 0 Å². The Morgan fingerprint density at radius 3 is 2.56 bits per heavy atom. The van der Waals surface area contributed by atoms with Crippen LogP contribution in [0.3, 0.4) is 0 Å². The van der Waals surface area contributed by atoms with Crippen LogP contribution in [0.1, 0.15) is 36.2 Å². The van der Waals surface area contributed by atoms with Gasteiger partial charge in [-0.2, -0.15) is 0 Å². The monoisotopic (exact) mass is 443 g/mol. The molecule has 0 bridgehead atoms. The molecule has 5 nitrogen and oxygen atoms in total. The number of hydrogen-bond acceptors (Lipinski definition) is 5. The molecule has 2 aromatic heterocycles. The number of pyridine rings is 1. The summed E-state index contributed by atoms with van der Waals surface area (Å²) in [6.45, 7) is 6.62. The lowest BCUT2D eigenvalue weighted by Crippen LogP contribution is -2.33. The summed E-state index contributed by atoms with van der Waals surface area (Å²) in [5.74, 6) is 0.719. The highest BCUT2D eigenvalue weighted by Crippen LogP contribution is 2.29. The second-order valence-electron chi connectivity index (χ2n) is 8.84. The van der Waals surface area contributed by atoms with E-state index in [1.54, 1.807) is 16.3 Å². The summed E-state index contributed by atoms with van der Waals surface area (Å²) in [5, 5.41) is 1.17. The number of aryl methyl sites for hydroxylation is 1. The van der Waals surface area contributed by atoms with Gasteiger partial charge in [0.25, 0.3) is 5.56 Å². The molecule has 0 unspecified atom stereocenters. The van der Waals surface area contributed by atoms with Gasteiger partial charge in [-0.1, -0.05) is 59.8 Å². The second-order valence-corrected chi connectivity index (χ2v) is 9.78. The molecule has 6 heteroatoms. The predicted octanol–water partition coefficient (Wildman–Crippen LogP) is 5.23. The zero-order chi connectivity index (χ0) is 22.3. The molecular weight excluding hydrogens is 418 g/mol. The first kappa shape index (κ1) is 20.9. The van der Waals surface area contributed by atoms with Crippen LogP contribution in [0, 0.1) is 6.92 Å². The predicted molar refractivity (Wildman–Crippen MR) is 128 cm³/mol. The van der Waals surface area contributed by atoms with E-state index in [0.717, 1.165) is 28.3 Å². The van der Waals surface area contributed by atoms with Gasteiger partial charge in [0.05, 0.1) is 29.0 Å². The Kier molecular flexibility index (Phi) is 5.35. The quantitative estimate of drug-likeness (QED) is 0.319. The Hall–Kier alpha value is -2.96. The SMILES string of the molecule is Cc1ccc(-n2c(SCc3ccccc3)nc3nc4c(cc3c2=O)COC(C)(C)C4)cc1. The summed E-state index contributed by atoms with van der Waals surface area (Å²) in [5.41, 5.74) is 5.20. The normalized spacial score (nSPS) is 15.0. The van der Waals surface area contributed by atoms with Crippen molar-refractivity contribution in [3.05, 3.63) is 93.4 Å². The molecule has 5 rings (SSSR count). The van der Waals surface area contributed by atoms with Crippen LogP contribution in [0.25, 0.3) is 16.7 Å². The highest BCUT2D eigenvalue weighted by molar-refractivity contribution is 7.98. The average molecular weight is 444 g/mol. The van der Waals surface area contributed by atoms with Crippen LogP contribution in [0.5, 0.6) is 0 Å². The number of ether oxygens (including phenoxy) is 1. The lowest BCUT2D eigenvalue weighted by molar-refractivity contribution is -0.0411. The van der Waals surface area contributed by atoms with Crippen LogP contribution < -0.4 is 5.56 Å². The molecule has 2 aromatic carbocycles. The van der Waals surface area contributed by atoms with Crippen molar-refractivity contribution in [3.8, 4) is 5.69 Å². The highest BCUT2D eigenvalue weighted by Gasteiger charge is 2.28. The number of rotatable bonds is 4. The number of thioether (sulfide) groups is 1. The number of hydrogen-bond donors (Lipinski definition) is 0. The minimum Gasteiger partial charge on any atom is -0.370 e. The minimum atomic E-state index is -0.268. The van der Waals surface area contributed by atoms with Crippen LogP contribution in [-0.2, 0) is 23.5 Å². The molecule has 4 aromatic rings. The second kappa shape index (κ2) is 8.19. The molecule has 0 amide bonds. The van der Waals surface area contributed by atoms with E-state index in [1.807, 2.05) is 55.5 Å². The Bertz CT molecular complexity index is 1350. The Balaban J connectivity index is 1.66. The van der Waals surface area contributed by atoms with Gasteiger partial charge in [-0.15, -0.1) is 0 Å². The van der Waals surface area contributed by atoms with E-state index in [9.17, 15) is 4.79 Å². The number of benzene rings is 2. The molecule has 1 aliphatic rings. The van der Waals surface area contributed by atoms with E-state index in [2.05, 4.69) is 26.0 Å². The molecule has 162 valence electrons. The number of aromatic nitrogens is 3. The third kappa shape index (κ3) is 4.08. The first-order chi connectivity index (χ1) is 15.4. The number of fused-ring (bicyclic) bond motifs is 2. The Morgan fingerprint density at radius 2 is 1.81 bits per heavy atom. The molecule has 0 radical (unpaired) electrons. The standard InChI is InChI=1S/C26H25N3O2S/c1-17-9-11-20(12-10-17)29-24(30)21-13-19-15-31-26(2,3)14-22(19)27-23(21)28-25(29)32-16-18-7-5-4-6-8-18/h4-13H,14-16H2,1-3H3. The topological polar surface area (TPSA) is 57.0 Å². The third-order valence-electron chi connectivity index (χ3n) is 5.71. The van der Waals surface area contributed by atoms with E-state index in [4.69, 9.17) is 14.7 Å². The fraction of sp³-hybridized carbons (Fsp3) is 0.269. The molecule has 3 heterocycles. The first-order valence-corrected chi connectivity index (χ1v) is 11.7. The van der Waals surface area contributed by atoms with Crippen LogP contribution in [0.4, 0.5) is 0 Å². The largest absolute Gasteiger partial charge is 0.370 e. The average Bonchev–Trinajstić information content (AvgIpc) is 2.78. The van der Waals surface area contributed by atoms with Gasteiger partial charge in [0.15, 0.2) is 10.8 Å². The highest BCUT2D eigenvalue weighted by atomic mass is 32.2. The van der Waals surface area contributed by atoms with Gasteiger partial charge in [0.1, 0.15) is 0 Å². The fourth-order valence-electron chi connectivity index (χ4n) is 3.92. The molecule has 0 fully saturated rings. The summed E-state index contributed by atoms with van der Waals surface area (Å²) < 4.78 is 7.65. The van der Waals surface area contributed by atoms with Crippen molar-refractivity contribution in [1.82, 2.24) is 14.5 Å². The summed E-state index contributed by atoms with van der Waals surface area (Å²) in [6, 6.07) is 20.1. The zero-order valence-electron chi connectivity index (χ0n) is 18.5. The third-order valence-corrected chi connectivity index (χ3v) is 6.72. The van der Waals surface area contributed by atoms with Gasteiger partial charge in [-0.05, 0) is 44.5 Å².